The first-order valence-corrected chi connectivity index (χ1v) is 20.7. The van der Waals surface area contributed by atoms with Crippen molar-refractivity contribution >= 4 is 45.2 Å². The Bertz CT molecular complexity index is 2430. The van der Waals surface area contributed by atoms with Crippen molar-refractivity contribution in [3.8, 4) is 17.0 Å². The van der Waals surface area contributed by atoms with Gasteiger partial charge < -0.3 is 29.0 Å². The number of fused-ring (bicyclic) bond motifs is 4. The van der Waals surface area contributed by atoms with Crippen LogP contribution in [0.2, 0.25) is 0 Å². The number of aromatic nitrogens is 3. The Kier molecular flexibility index (Phi) is 9.48. The highest BCUT2D eigenvalue weighted by atomic mass is 16.5. The van der Waals surface area contributed by atoms with Gasteiger partial charge in [0.15, 0.2) is 0 Å². The van der Waals surface area contributed by atoms with E-state index in [0.717, 1.165) is 85.7 Å². The molecule has 0 radical (unpaired) electrons. The molecule has 5 aromatic rings. The monoisotopic (exact) mass is 780 g/mol. The molecule has 12 nitrogen and oxygen atoms in total. The van der Waals surface area contributed by atoms with Crippen molar-refractivity contribution in [1.82, 2.24) is 24.8 Å². The zero-order valence-corrected chi connectivity index (χ0v) is 32.8. The zero-order valence-electron chi connectivity index (χ0n) is 32.8. The van der Waals surface area contributed by atoms with E-state index >= 15 is 0 Å². The quantitative estimate of drug-likeness (QED) is 0.0971. The van der Waals surface area contributed by atoms with E-state index in [1.54, 1.807) is 6.07 Å². The summed E-state index contributed by atoms with van der Waals surface area (Å²) in [4.78, 5) is 51.2. The summed E-state index contributed by atoms with van der Waals surface area (Å²) in [6.07, 6.45) is 11.9. The van der Waals surface area contributed by atoms with Crippen molar-refractivity contribution in [2.75, 3.05) is 37.8 Å². The van der Waals surface area contributed by atoms with Gasteiger partial charge in [-0.2, -0.15) is 0 Å². The number of hydrogen-bond donors (Lipinski definition) is 1. The number of nitrogens with zero attached hydrogens (tertiary/aromatic N) is 5. The third kappa shape index (κ3) is 6.81. The number of benzene rings is 2. The molecule has 2 saturated carbocycles. The Morgan fingerprint density at radius 2 is 1.67 bits per heavy atom. The summed E-state index contributed by atoms with van der Waals surface area (Å²) >= 11 is 0. The summed E-state index contributed by atoms with van der Waals surface area (Å²) < 4.78 is 20.5. The van der Waals surface area contributed by atoms with Gasteiger partial charge in [0.05, 0.1) is 22.7 Å². The third-order valence-electron chi connectivity index (χ3n) is 13.0. The van der Waals surface area contributed by atoms with Gasteiger partial charge in [-0.05, 0) is 91.8 Å². The number of anilines is 1. The van der Waals surface area contributed by atoms with Crippen LogP contribution in [-0.4, -0.2) is 88.3 Å². The minimum Gasteiger partial charge on any atom is -0.474 e. The van der Waals surface area contributed by atoms with Crippen LogP contribution < -0.4 is 15.0 Å². The highest BCUT2D eigenvalue weighted by Crippen LogP contribution is 2.48. The number of carbonyl (C=O) groups is 3. The molecule has 2 saturated heterocycles. The number of ether oxygens (including phenoxy) is 3. The fraction of sp³-hybridized carbons (Fsp3) is 0.413. The highest BCUT2D eigenvalue weighted by molar-refractivity contribution is 6.23. The highest BCUT2D eigenvalue weighted by Gasteiger charge is 2.48. The van der Waals surface area contributed by atoms with Gasteiger partial charge in [-0.25, -0.2) is 4.98 Å². The van der Waals surface area contributed by atoms with E-state index in [-0.39, 0.29) is 24.0 Å². The van der Waals surface area contributed by atoms with Gasteiger partial charge in [0.25, 0.3) is 11.8 Å². The summed E-state index contributed by atoms with van der Waals surface area (Å²) in [6.45, 7) is 7.98. The minimum atomic E-state index is -0.794. The lowest BCUT2D eigenvalue weighted by Gasteiger charge is -2.42. The predicted molar refractivity (Wildman–Crippen MR) is 219 cm³/mol. The molecule has 12 heteroatoms. The Balaban J connectivity index is 0.591. The summed E-state index contributed by atoms with van der Waals surface area (Å²) in [5, 5.41) is 5.05. The maximum atomic E-state index is 13.3. The average molecular weight is 781 g/mol. The Hall–Kier alpha value is -5.59. The number of allylic oxidation sites excluding steroid dienone is 1. The molecule has 0 spiro atoms. The van der Waals surface area contributed by atoms with Crippen LogP contribution in [0.1, 0.15) is 65.7 Å². The van der Waals surface area contributed by atoms with E-state index in [1.807, 2.05) is 36.8 Å². The largest absolute Gasteiger partial charge is 0.474 e. The van der Waals surface area contributed by atoms with Gasteiger partial charge >= 0.3 is 0 Å². The topological polar surface area (TPSA) is 128 Å². The smallest absolute Gasteiger partial charge is 0.262 e. The van der Waals surface area contributed by atoms with Crippen LogP contribution in [-0.2, 0) is 21.3 Å². The standard InChI is InChI=1S/C46H48N6O6/c1-27-5-11-41(44(53)49-27)52-45(54)36-10-8-32(19-38(36)46(52)55)51-24-31(25-51)37-17-30(37)26-56-15-3-4-16-57-33-20-34(21-33)58-43-12-7-29(22-48-43)28-6-9-35-39-23-47-14-13-40(39)50(2)42(35)18-28/h6-10,12-14,18-19,22-23,30-31,33-34,37,41H,1,3-5,11,15-17,20-21,24-26H2,2H3,(H,49,53)/t30-,33?,34?,37+,41?/m0/s1. The molecule has 6 heterocycles. The number of piperidine rings is 1. The van der Waals surface area contributed by atoms with Crippen LogP contribution in [0.3, 0.4) is 0 Å². The second-order valence-electron chi connectivity index (χ2n) is 16.7. The van der Waals surface area contributed by atoms with E-state index in [9.17, 15) is 14.4 Å². The number of hydrogen-bond acceptors (Lipinski definition) is 9. The molecular weight excluding hydrogens is 733 g/mol. The zero-order chi connectivity index (χ0) is 39.5. The molecule has 10 rings (SSSR count). The Morgan fingerprint density at radius 1 is 0.845 bits per heavy atom. The molecule has 298 valence electrons. The normalized spacial score (nSPS) is 24.3. The number of nitrogens with one attached hydrogen (secondary N) is 1. The average Bonchev–Trinajstić information content (AvgIpc) is 3.84. The number of imide groups is 1. The molecule has 3 aromatic heterocycles. The van der Waals surface area contributed by atoms with Gasteiger partial charge in [-0.3, -0.25) is 24.3 Å². The van der Waals surface area contributed by atoms with Crippen LogP contribution in [0.25, 0.3) is 32.9 Å². The van der Waals surface area contributed by atoms with Gasteiger partial charge in [-0.1, -0.05) is 18.7 Å². The number of rotatable bonds is 14. The molecule has 58 heavy (non-hydrogen) atoms. The summed E-state index contributed by atoms with van der Waals surface area (Å²) in [5.41, 5.74) is 6.85. The second-order valence-corrected chi connectivity index (χ2v) is 16.7. The first kappa shape index (κ1) is 36.7. The van der Waals surface area contributed by atoms with Crippen LogP contribution in [0.4, 0.5) is 5.69 Å². The van der Waals surface area contributed by atoms with Crippen molar-refractivity contribution in [1.29, 1.82) is 0 Å². The lowest BCUT2D eigenvalue weighted by molar-refractivity contribution is -0.125. The maximum Gasteiger partial charge on any atom is 0.262 e. The number of unbranched alkanes of at least 4 members (excludes halogenated alkanes) is 1. The maximum absolute atomic E-state index is 13.3. The molecule has 3 atom stereocenters. The second kappa shape index (κ2) is 15.0. The number of amides is 3. The SMILES string of the molecule is C=C1CCC(N2C(=O)c3ccc(N4CC([C@@H]5C[C@H]5COCCCCOC5CC(Oc6ccc(-c7ccc8c9cnccc9n(C)c8c7)cn6)C5)C4)cc3C2=O)C(=O)N1. The first-order chi connectivity index (χ1) is 28.3. The van der Waals surface area contributed by atoms with Crippen molar-refractivity contribution in [2.45, 2.75) is 63.2 Å². The van der Waals surface area contributed by atoms with Crippen LogP contribution in [0.5, 0.6) is 5.88 Å². The fourth-order valence-electron chi connectivity index (χ4n) is 9.34. The number of carbonyl (C=O) groups excluding carboxylic acids is 3. The molecule has 1 N–H and O–H groups in total. The molecule has 5 aliphatic rings. The number of pyridine rings is 2. The van der Waals surface area contributed by atoms with Crippen LogP contribution in [0, 0.1) is 17.8 Å². The van der Waals surface area contributed by atoms with Crippen molar-refractivity contribution in [2.24, 2.45) is 24.8 Å². The van der Waals surface area contributed by atoms with Gasteiger partial charge in [0.1, 0.15) is 12.1 Å². The van der Waals surface area contributed by atoms with E-state index in [4.69, 9.17) is 14.2 Å². The minimum absolute atomic E-state index is 0.134. The lowest BCUT2D eigenvalue weighted by atomic mass is 9.92. The van der Waals surface area contributed by atoms with Crippen molar-refractivity contribution in [3.63, 3.8) is 0 Å². The van der Waals surface area contributed by atoms with E-state index < -0.39 is 11.9 Å². The molecular formula is C46H48N6O6. The molecule has 3 aliphatic heterocycles. The van der Waals surface area contributed by atoms with Crippen molar-refractivity contribution < 1.29 is 28.6 Å². The molecule has 0 bridgehead atoms. The first-order valence-electron chi connectivity index (χ1n) is 20.7. The van der Waals surface area contributed by atoms with Crippen LogP contribution >= 0.6 is 0 Å². The summed E-state index contributed by atoms with van der Waals surface area (Å²) in [6, 6.07) is 17.3. The summed E-state index contributed by atoms with van der Waals surface area (Å²) in [5.74, 6) is 1.43. The Morgan fingerprint density at radius 3 is 2.50 bits per heavy atom. The van der Waals surface area contributed by atoms with Gasteiger partial charge in [0, 0.05) is 111 Å². The molecule has 2 aliphatic carbocycles. The lowest BCUT2D eigenvalue weighted by Crippen LogP contribution is -2.51. The van der Waals surface area contributed by atoms with E-state index in [1.165, 1.54) is 22.8 Å². The molecule has 3 amide bonds. The van der Waals surface area contributed by atoms with Gasteiger partial charge in [-0.15, -0.1) is 0 Å². The van der Waals surface area contributed by atoms with Crippen LogP contribution in [0.15, 0.2) is 85.5 Å². The number of aryl methyl sites for hydroxylation is 1. The van der Waals surface area contributed by atoms with Crippen molar-refractivity contribution in [3.05, 3.63) is 96.6 Å². The predicted octanol–water partition coefficient (Wildman–Crippen LogP) is 6.67. The third-order valence-corrected chi connectivity index (χ3v) is 13.0. The molecule has 2 aromatic carbocycles. The Labute approximate surface area is 337 Å². The molecule has 1 unspecified atom stereocenters. The van der Waals surface area contributed by atoms with Gasteiger partial charge in [0.2, 0.25) is 11.8 Å². The van der Waals surface area contributed by atoms with E-state index in [2.05, 4.69) is 68.7 Å². The molecule has 4 fully saturated rings. The van der Waals surface area contributed by atoms with E-state index in [0.29, 0.717) is 53.3 Å². The fourth-order valence-corrected chi connectivity index (χ4v) is 9.34. The summed E-state index contributed by atoms with van der Waals surface area (Å²) in [7, 11) is 2.09.